The number of carbonyl (C=O) groups excluding carboxylic acids is 1. The van der Waals surface area contributed by atoms with Gasteiger partial charge in [0, 0.05) is 24.8 Å². The molecule has 1 aliphatic rings. The van der Waals surface area contributed by atoms with Gasteiger partial charge >= 0.3 is 0 Å². The molecule has 4 aromatic rings. The fourth-order valence-corrected chi connectivity index (χ4v) is 4.68. The highest BCUT2D eigenvalue weighted by Gasteiger charge is 2.27. The second kappa shape index (κ2) is 8.77. The van der Waals surface area contributed by atoms with Crippen molar-refractivity contribution in [3.63, 3.8) is 0 Å². The zero-order chi connectivity index (χ0) is 22.9. The summed E-state index contributed by atoms with van der Waals surface area (Å²) >= 11 is 0. The van der Waals surface area contributed by atoms with Gasteiger partial charge in [0.25, 0.3) is 5.91 Å². The normalized spacial score (nSPS) is 18.7. The van der Waals surface area contributed by atoms with Crippen LogP contribution in [0, 0.1) is 18.8 Å². The summed E-state index contributed by atoms with van der Waals surface area (Å²) in [6.45, 7) is 6.62. The lowest BCUT2D eigenvalue weighted by atomic mass is 9.80. The molecule has 5 rings (SSSR count). The maximum Gasteiger partial charge on any atom is 0.261 e. The van der Waals surface area contributed by atoms with E-state index < -0.39 is 0 Å². The molecule has 33 heavy (non-hydrogen) atoms. The number of aromatic nitrogens is 6. The van der Waals surface area contributed by atoms with Gasteiger partial charge in [-0.25, -0.2) is 9.50 Å². The second-order valence-electron chi connectivity index (χ2n) is 9.31. The molecular weight excluding hydrogens is 414 g/mol. The van der Waals surface area contributed by atoms with Gasteiger partial charge < -0.3 is 5.32 Å². The molecule has 8 heteroatoms. The molecule has 0 spiro atoms. The van der Waals surface area contributed by atoms with Gasteiger partial charge in [-0.15, -0.1) is 0 Å². The molecule has 8 nitrogen and oxygen atoms in total. The van der Waals surface area contributed by atoms with E-state index in [-0.39, 0.29) is 5.91 Å². The minimum absolute atomic E-state index is 0.264. The molecule has 1 amide bonds. The van der Waals surface area contributed by atoms with Crippen molar-refractivity contribution >= 4 is 17.2 Å². The van der Waals surface area contributed by atoms with Crippen LogP contribution in [0.5, 0.6) is 0 Å². The Kier molecular flexibility index (Phi) is 5.66. The van der Waals surface area contributed by atoms with Gasteiger partial charge in [-0.2, -0.15) is 10.2 Å². The molecule has 1 saturated carbocycles. The van der Waals surface area contributed by atoms with E-state index >= 15 is 0 Å². The minimum atomic E-state index is -0.264. The summed E-state index contributed by atoms with van der Waals surface area (Å²) in [6, 6.07) is 6.06. The van der Waals surface area contributed by atoms with E-state index in [2.05, 4.69) is 34.2 Å². The molecule has 1 fully saturated rings. The average molecular weight is 444 g/mol. The molecule has 1 aliphatic carbocycles. The lowest BCUT2D eigenvalue weighted by molar-refractivity contribution is 0.102. The number of hydrogen-bond donors (Lipinski definition) is 1. The van der Waals surface area contributed by atoms with Gasteiger partial charge in [0.15, 0.2) is 5.65 Å². The predicted octanol–water partition coefficient (Wildman–Crippen LogP) is 4.94. The number of amides is 1. The van der Waals surface area contributed by atoms with Crippen molar-refractivity contribution in [2.45, 2.75) is 52.5 Å². The van der Waals surface area contributed by atoms with Crippen LogP contribution in [0.3, 0.4) is 0 Å². The van der Waals surface area contributed by atoms with Crippen molar-refractivity contribution in [1.29, 1.82) is 0 Å². The number of nitrogens with one attached hydrogen (secondary N) is 1. The maximum absolute atomic E-state index is 13.2. The van der Waals surface area contributed by atoms with E-state index in [1.807, 2.05) is 36.1 Å². The smallest absolute Gasteiger partial charge is 0.261 e. The summed E-state index contributed by atoms with van der Waals surface area (Å²) in [5.74, 6) is 1.22. The molecule has 1 N–H and O–H groups in total. The van der Waals surface area contributed by atoms with E-state index in [1.54, 1.807) is 29.2 Å². The Balaban J connectivity index is 1.46. The van der Waals surface area contributed by atoms with Crippen LogP contribution in [0.1, 0.15) is 61.5 Å². The Bertz CT molecular complexity index is 1260. The predicted molar refractivity (Wildman–Crippen MR) is 127 cm³/mol. The first-order valence-corrected chi connectivity index (χ1v) is 11.6. The molecule has 0 unspecified atom stereocenters. The zero-order valence-electron chi connectivity index (χ0n) is 19.3. The Hall–Kier alpha value is -3.55. The molecule has 4 aromatic heterocycles. The van der Waals surface area contributed by atoms with Crippen LogP contribution in [-0.2, 0) is 0 Å². The van der Waals surface area contributed by atoms with Crippen LogP contribution in [0.25, 0.3) is 17.0 Å². The quantitative estimate of drug-likeness (QED) is 0.472. The Labute approximate surface area is 193 Å². The Morgan fingerprint density at radius 3 is 2.67 bits per heavy atom. The highest BCUT2D eigenvalue weighted by Crippen LogP contribution is 2.37. The van der Waals surface area contributed by atoms with E-state index in [0.29, 0.717) is 34.6 Å². The molecule has 0 saturated heterocycles. The fraction of sp³-hybridized carbons (Fsp3) is 0.400. The summed E-state index contributed by atoms with van der Waals surface area (Å²) in [4.78, 5) is 22.0. The summed E-state index contributed by atoms with van der Waals surface area (Å²) in [5.41, 5.74) is 4.08. The number of aryl methyl sites for hydroxylation is 1. The zero-order valence-corrected chi connectivity index (χ0v) is 19.3. The van der Waals surface area contributed by atoms with Crippen molar-refractivity contribution in [2.24, 2.45) is 11.8 Å². The van der Waals surface area contributed by atoms with E-state index in [1.165, 1.54) is 12.8 Å². The largest absolute Gasteiger partial charge is 0.319 e. The maximum atomic E-state index is 13.2. The molecule has 0 aromatic carbocycles. The third kappa shape index (κ3) is 4.25. The minimum Gasteiger partial charge on any atom is -0.319 e. The van der Waals surface area contributed by atoms with Crippen molar-refractivity contribution < 1.29 is 4.79 Å². The highest BCUT2D eigenvalue weighted by atomic mass is 16.1. The number of fused-ring (bicyclic) bond motifs is 1. The molecule has 4 heterocycles. The number of carbonyl (C=O) groups is 1. The van der Waals surface area contributed by atoms with Gasteiger partial charge in [0.05, 0.1) is 23.6 Å². The summed E-state index contributed by atoms with van der Waals surface area (Å²) in [6.07, 6.45) is 13.3. The first-order chi connectivity index (χ1) is 16.0. The van der Waals surface area contributed by atoms with E-state index in [9.17, 15) is 4.79 Å². The Morgan fingerprint density at radius 1 is 1.12 bits per heavy atom. The topological polar surface area (TPSA) is 90.0 Å². The molecule has 0 atom stereocenters. The lowest BCUT2D eigenvalue weighted by Gasteiger charge is -2.30. The number of hydrogen-bond acceptors (Lipinski definition) is 5. The van der Waals surface area contributed by atoms with Gasteiger partial charge in [0.1, 0.15) is 11.3 Å². The van der Waals surface area contributed by atoms with Gasteiger partial charge in [-0.05, 0) is 62.1 Å². The van der Waals surface area contributed by atoms with Gasteiger partial charge in [0.2, 0.25) is 0 Å². The third-order valence-electron chi connectivity index (χ3n) is 6.72. The van der Waals surface area contributed by atoms with Crippen LogP contribution < -0.4 is 5.32 Å². The number of anilines is 1. The van der Waals surface area contributed by atoms with E-state index in [4.69, 9.17) is 5.10 Å². The standard InChI is InChI=1S/C25H29N7O/c1-16(2)18-6-8-19(9-7-18)32-15-22(23(30-32)21-10-5-17(3)13-27-21)29-25(33)20-14-28-31-12-4-11-26-24(20)31/h4-5,10-16,18-19H,6-9H2,1-3H3,(H,29,33)/t18-,19-. The van der Waals surface area contributed by atoms with Crippen LogP contribution in [0.4, 0.5) is 5.69 Å². The van der Waals surface area contributed by atoms with Crippen LogP contribution in [-0.4, -0.2) is 35.3 Å². The summed E-state index contributed by atoms with van der Waals surface area (Å²) in [5, 5.41) is 12.2. The number of nitrogens with zero attached hydrogens (tertiary/aromatic N) is 6. The fourth-order valence-electron chi connectivity index (χ4n) is 4.68. The van der Waals surface area contributed by atoms with Crippen LogP contribution in [0.2, 0.25) is 0 Å². The van der Waals surface area contributed by atoms with Crippen LogP contribution >= 0.6 is 0 Å². The molecular formula is C25H29N7O. The second-order valence-corrected chi connectivity index (χ2v) is 9.31. The molecule has 0 bridgehead atoms. The molecule has 0 radical (unpaired) electrons. The van der Waals surface area contributed by atoms with E-state index in [0.717, 1.165) is 30.0 Å². The lowest BCUT2D eigenvalue weighted by Crippen LogP contribution is -2.21. The van der Waals surface area contributed by atoms with Crippen molar-refractivity contribution in [1.82, 2.24) is 29.4 Å². The first-order valence-electron chi connectivity index (χ1n) is 11.6. The monoisotopic (exact) mass is 443 g/mol. The summed E-state index contributed by atoms with van der Waals surface area (Å²) < 4.78 is 3.62. The summed E-state index contributed by atoms with van der Waals surface area (Å²) in [7, 11) is 0. The average Bonchev–Trinajstić information content (AvgIpc) is 3.44. The van der Waals surface area contributed by atoms with Crippen molar-refractivity contribution in [3.8, 4) is 11.4 Å². The Morgan fingerprint density at radius 2 is 1.94 bits per heavy atom. The number of pyridine rings is 1. The van der Waals surface area contributed by atoms with Crippen molar-refractivity contribution in [3.05, 3.63) is 60.3 Å². The van der Waals surface area contributed by atoms with Gasteiger partial charge in [-0.1, -0.05) is 19.9 Å². The number of rotatable bonds is 5. The first kappa shape index (κ1) is 21.3. The molecule has 170 valence electrons. The highest BCUT2D eigenvalue weighted by molar-refractivity contribution is 6.09. The van der Waals surface area contributed by atoms with Gasteiger partial charge in [-0.3, -0.25) is 14.5 Å². The third-order valence-corrected chi connectivity index (χ3v) is 6.72. The van der Waals surface area contributed by atoms with Crippen molar-refractivity contribution in [2.75, 3.05) is 5.32 Å². The molecule has 0 aliphatic heterocycles. The van der Waals surface area contributed by atoms with Crippen LogP contribution in [0.15, 0.2) is 49.2 Å². The SMILES string of the molecule is Cc1ccc(-c2nn([C@H]3CC[C@H](C(C)C)CC3)cc2NC(=O)c2cnn3cccnc23)nc1.